The Morgan fingerprint density at radius 3 is 2.71 bits per heavy atom. The number of likely N-dealkylation sites (tertiary alicyclic amines) is 1. The first-order valence-electron chi connectivity index (χ1n) is 10.1. The van der Waals surface area contributed by atoms with Crippen LogP contribution in [-0.2, 0) is 13.0 Å². The Hall–Kier alpha value is -1.95. The van der Waals surface area contributed by atoms with E-state index in [1.165, 1.54) is 16.7 Å². The van der Waals surface area contributed by atoms with Gasteiger partial charge in [-0.05, 0) is 62.2 Å². The molecule has 2 aromatic rings. The van der Waals surface area contributed by atoms with Gasteiger partial charge in [-0.1, -0.05) is 12.1 Å². The summed E-state index contributed by atoms with van der Waals surface area (Å²) >= 11 is 0. The van der Waals surface area contributed by atoms with E-state index in [4.69, 9.17) is 4.74 Å². The molecular formula is C23H33N3O2. The Balaban J connectivity index is 1.54. The van der Waals surface area contributed by atoms with Crippen LogP contribution in [0.1, 0.15) is 28.8 Å². The molecule has 1 saturated heterocycles. The maximum atomic E-state index is 10.8. The zero-order valence-corrected chi connectivity index (χ0v) is 17.6. The second-order valence-corrected chi connectivity index (χ2v) is 7.89. The number of nitrogens with zero attached hydrogens (tertiary/aromatic N) is 3. The van der Waals surface area contributed by atoms with Gasteiger partial charge in [-0.25, -0.2) is 0 Å². The third-order valence-corrected chi connectivity index (χ3v) is 6.11. The molecule has 0 bridgehead atoms. The molecule has 152 valence electrons. The molecule has 1 aliphatic rings. The van der Waals surface area contributed by atoms with E-state index in [9.17, 15) is 5.11 Å². The summed E-state index contributed by atoms with van der Waals surface area (Å²) in [7, 11) is 3.83. The van der Waals surface area contributed by atoms with Crippen molar-refractivity contribution in [3.05, 3.63) is 58.9 Å². The Labute approximate surface area is 169 Å². The highest BCUT2D eigenvalue weighted by Gasteiger charge is 2.30. The molecule has 2 heterocycles. The summed E-state index contributed by atoms with van der Waals surface area (Å²) in [5.74, 6) is 0.939. The predicted octanol–water partition coefficient (Wildman–Crippen LogP) is 2.82. The van der Waals surface area contributed by atoms with Crippen LogP contribution in [0, 0.1) is 13.8 Å². The number of rotatable bonds is 7. The van der Waals surface area contributed by atoms with E-state index in [0.29, 0.717) is 6.54 Å². The molecule has 5 nitrogen and oxygen atoms in total. The number of aromatic nitrogens is 1. The van der Waals surface area contributed by atoms with Crippen LogP contribution in [0.25, 0.3) is 0 Å². The first-order chi connectivity index (χ1) is 13.5. The molecule has 28 heavy (non-hydrogen) atoms. The highest BCUT2D eigenvalue weighted by molar-refractivity contribution is 5.43. The average Bonchev–Trinajstić information content (AvgIpc) is 2.71. The number of pyridine rings is 1. The molecule has 1 fully saturated rings. The van der Waals surface area contributed by atoms with E-state index in [-0.39, 0.29) is 12.1 Å². The molecule has 5 heteroatoms. The van der Waals surface area contributed by atoms with Crippen molar-refractivity contribution in [2.45, 2.75) is 45.4 Å². The number of piperidine rings is 1. The topological polar surface area (TPSA) is 48.8 Å². The lowest BCUT2D eigenvalue weighted by molar-refractivity contribution is -0.00625. The van der Waals surface area contributed by atoms with Gasteiger partial charge in [-0.2, -0.15) is 0 Å². The second kappa shape index (κ2) is 9.50. The van der Waals surface area contributed by atoms with Crippen molar-refractivity contribution in [3.8, 4) is 5.75 Å². The van der Waals surface area contributed by atoms with Crippen molar-refractivity contribution in [1.29, 1.82) is 0 Å². The standard InChI is InChI=1S/C23H33N3O2/c1-17-18(2)23(28-4)9-8-19(17)15-26-14-11-21(22(27)16-26)25(3)13-10-20-7-5-6-12-24-20/h5-9,12,21-22,27H,10-11,13-16H2,1-4H3/t21-,22-/m1/s1. The minimum absolute atomic E-state index is 0.207. The van der Waals surface area contributed by atoms with Gasteiger partial charge < -0.3 is 14.7 Å². The summed E-state index contributed by atoms with van der Waals surface area (Å²) in [5, 5.41) is 10.8. The van der Waals surface area contributed by atoms with Crippen LogP contribution < -0.4 is 4.74 Å². The van der Waals surface area contributed by atoms with Crippen LogP contribution in [-0.4, -0.2) is 65.8 Å². The van der Waals surface area contributed by atoms with Crippen LogP contribution in [0.5, 0.6) is 5.75 Å². The molecule has 1 N–H and O–H groups in total. The van der Waals surface area contributed by atoms with Gasteiger partial charge in [0, 0.05) is 50.5 Å². The first kappa shape index (κ1) is 20.8. The summed E-state index contributed by atoms with van der Waals surface area (Å²) in [4.78, 5) is 9.05. The lowest BCUT2D eigenvalue weighted by atomic mass is 9.97. The van der Waals surface area contributed by atoms with E-state index in [0.717, 1.165) is 43.9 Å². The molecule has 1 aliphatic heterocycles. The number of likely N-dealkylation sites (N-methyl/N-ethyl adjacent to an activating group) is 1. The number of aliphatic hydroxyl groups is 1. The van der Waals surface area contributed by atoms with Crippen LogP contribution in [0.15, 0.2) is 36.5 Å². The van der Waals surface area contributed by atoms with Gasteiger partial charge in [-0.15, -0.1) is 0 Å². The van der Waals surface area contributed by atoms with Gasteiger partial charge in [0.05, 0.1) is 13.2 Å². The quantitative estimate of drug-likeness (QED) is 0.797. The van der Waals surface area contributed by atoms with Crippen LogP contribution >= 0.6 is 0 Å². The van der Waals surface area contributed by atoms with E-state index in [2.05, 4.69) is 47.8 Å². The maximum absolute atomic E-state index is 10.8. The zero-order valence-electron chi connectivity index (χ0n) is 17.6. The fourth-order valence-electron chi connectivity index (χ4n) is 4.13. The Kier molecular flexibility index (Phi) is 7.05. The van der Waals surface area contributed by atoms with Gasteiger partial charge >= 0.3 is 0 Å². The highest BCUT2D eigenvalue weighted by atomic mass is 16.5. The number of methoxy groups -OCH3 is 1. The van der Waals surface area contributed by atoms with E-state index in [1.807, 2.05) is 24.4 Å². The van der Waals surface area contributed by atoms with Crippen LogP contribution in [0.3, 0.4) is 0 Å². The summed E-state index contributed by atoms with van der Waals surface area (Å²) in [6, 6.07) is 10.4. The minimum Gasteiger partial charge on any atom is -0.496 e. The molecule has 0 amide bonds. The fraction of sp³-hybridized carbons (Fsp3) is 0.522. The van der Waals surface area contributed by atoms with Crippen LogP contribution in [0.2, 0.25) is 0 Å². The van der Waals surface area contributed by atoms with Gasteiger partial charge in [0.2, 0.25) is 0 Å². The van der Waals surface area contributed by atoms with E-state index in [1.54, 1.807) is 7.11 Å². The lowest BCUT2D eigenvalue weighted by Gasteiger charge is -2.40. The Morgan fingerprint density at radius 1 is 1.21 bits per heavy atom. The number of ether oxygens (including phenoxy) is 1. The smallest absolute Gasteiger partial charge is 0.122 e. The molecule has 1 aromatic carbocycles. The number of benzene rings is 1. The lowest BCUT2D eigenvalue weighted by Crippen LogP contribution is -2.53. The SMILES string of the molecule is COc1ccc(CN2CC[C@@H](N(C)CCc3ccccn3)[C@H](O)C2)c(C)c1C. The Morgan fingerprint density at radius 2 is 2.04 bits per heavy atom. The minimum atomic E-state index is -0.331. The summed E-state index contributed by atoms with van der Waals surface area (Å²) in [6.07, 6.45) is 3.40. The molecule has 3 rings (SSSR count). The van der Waals surface area contributed by atoms with Crippen molar-refractivity contribution in [2.24, 2.45) is 0 Å². The first-order valence-corrected chi connectivity index (χ1v) is 10.1. The number of β-amino-alcohol motifs (C(OH)–C–C–N with tert-alkyl or cyclic N) is 1. The monoisotopic (exact) mass is 383 g/mol. The third kappa shape index (κ3) is 4.90. The number of hydrogen-bond acceptors (Lipinski definition) is 5. The molecule has 0 aliphatic carbocycles. The van der Waals surface area contributed by atoms with Crippen molar-refractivity contribution in [1.82, 2.24) is 14.8 Å². The van der Waals surface area contributed by atoms with Crippen molar-refractivity contribution in [3.63, 3.8) is 0 Å². The molecule has 0 spiro atoms. The number of hydrogen-bond donors (Lipinski definition) is 1. The van der Waals surface area contributed by atoms with Crippen molar-refractivity contribution < 1.29 is 9.84 Å². The van der Waals surface area contributed by atoms with Crippen molar-refractivity contribution >= 4 is 0 Å². The van der Waals surface area contributed by atoms with Gasteiger partial charge in [0.1, 0.15) is 5.75 Å². The molecule has 0 saturated carbocycles. The zero-order chi connectivity index (χ0) is 20.1. The van der Waals surface area contributed by atoms with E-state index < -0.39 is 0 Å². The molecule has 1 aromatic heterocycles. The summed E-state index contributed by atoms with van der Waals surface area (Å²) in [6.45, 7) is 7.76. The normalized spacial score (nSPS) is 20.5. The maximum Gasteiger partial charge on any atom is 0.122 e. The van der Waals surface area contributed by atoms with Gasteiger partial charge in [0.25, 0.3) is 0 Å². The fourth-order valence-corrected chi connectivity index (χ4v) is 4.13. The van der Waals surface area contributed by atoms with E-state index >= 15 is 0 Å². The van der Waals surface area contributed by atoms with Crippen molar-refractivity contribution in [2.75, 3.05) is 33.8 Å². The second-order valence-electron chi connectivity index (χ2n) is 7.89. The average molecular weight is 384 g/mol. The summed E-state index contributed by atoms with van der Waals surface area (Å²) in [5.41, 5.74) is 4.90. The third-order valence-electron chi connectivity index (χ3n) is 6.11. The van der Waals surface area contributed by atoms with Crippen LogP contribution in [0.4, 0.5) is 0 Å². The largest absolute Gasteiger partial charge is 0.496 e. The Bertz CT molecular complexity index is 766. The highest BCUT2D eigenvalue weighted by Crippen LogP contribution is 2.26. The number of aliphatic hydroxyl groups excluding tert-OH is 1. The molecular weight excluding hydrogens is 350 g/mol. The predicted molar refractivity (Wildman–Crippen MR) is 113 cm³/mol. The molecule has 2 atom stereocenters. The summed E-state index contributed by atoms with van der Waals surface area (Å²) < 4.78 is 5.42. The van der Waals surface area contributed by atoms with Gasteiger partial charge in [-0.3, -0.25) is 9.88 Å². The van der Waals surface area contributed by atoms with Gasteiger partial charge in [0.15, 0.2) is 0 Å². The molecule has 0 unspecified atom stereocenters. The molecule has 0 radical (unpaired) electrons.